The summed E-state index contributed by atoms with van der Waals surface area (Å²) in [6.45, 7) is 0.846. The lowest BCUT2D eigenvalue weighted by Crippen LogP contribution is -2.27. The highest BCUT2D eigenvalue weighted by molar-refractivity contribution is 7.88. The number of rotatable bonds is 13. The quantitative estimate of drug-likeness (QED) is 0.0635. The fourth-order valence-corrected chi connectivity index (χ4v) is 11.7. The van der Waals surface area contributed by atoms with Gasteiger partial charge in [0.1, 0.15) is 11.5 Å². The first kappa shape index (κ1) is 44.4. The van der Waals surface area contributed by atoms with Crippen molar-refractivity contribution in [3.8, 4) is 44.0 Å². The second-order valence-corrected chi connectivity index (χ2v) is 21.0. The fraction of sp³-hybridized carbons (Fsp3) is 0.263. The van der Waals surface area contributed by atoms with Gasteiger partial charge >= 0.3 is 20.2 Å². The number of fused-ring (bicyclic) bond motifs is 6. The first-order valence-corrected chi connectivity index (χ1v) is 24.7. The number of ether oxygens (including phenoxy) is 2. The van der Waals surface area contributed by atoms with E-state index in [0.717, 1.165) is 22.7 Å². The van der Waals surface area contributed by atoms with Gasteiger partial charge in [-0.15, -0.1) is 22.7 Å². The number of thiophene rings is 2. The third-order valence-electron chi connectivity index (χ3n) is 9.86. The van der Waals surface area contributed by atoms with Crippen LogP contribution in [0.4, 0.5) is 0 Å². The Morgan fingerprint density at radius 3 is 1.42 bits per heavy atom. The molecule has 0 saturated heterocycles. The minimum absolute atomic E-state index is 0.103. The van der Waals surface area contributed by atoms with Gasteiger partial charge < -0.3 is 20.1 Å². The minimum atomic E-state index is -4.55. The zero-order valence-electron chi connectivity index (χ0n) is 31.8. The van der Waals surface area contributed by atoms with E-state index in [-0.39, 0.29) is 67.4 Å². The van der Waals surface area contributed by atoms with Crippen LogP contribution in [0.15, 0.2) is 56.9 Å². The molecule has 62 heavy (non-hydrogen) atoms. The lowest BCUT2D eigenvalue weighted by molar-refractivity contribution is 0.0936. The standard InChI is InChI=1S/C38H32Cl4N6O10S4/c39-19-5-7-25(23(41)15-19)47-33-21(9-13-57-27-17-29(59-35(27)33)61(51,52)53)31(45-47)37(49)43-11-3-1-2-4-12-44-38(50)32-22-10-14-58-28-18-30(62(54,55)56)60-36(28)34(22)48(46-32)26-8-6-20(40)16-24(26)42/h5-8,15-18H,1-4,9-14H2,(H,43,49)(H,44,50)(H,51,52,53)(H,54,55,56). The molecule has 4 aromatic heterocycles. The van der Waals surface area contributed by atoms with Crippen molar-refractivity contribution in [2.45, 2.75) is 46.9 Å². The number of benzene rings is 2. The number of carbonyl (C=O) groups excluding carboxylic acids is 2. The Morgan fingerprint density at radius 1 is 0.645 bits per heavy atom. The summed E-state index contributed by atoms with van der Waals surface area (Å²) >= 11 is 27.0. The monoisotopic (exact) mass is 1000 g/mol. The molecule has 0 bridgehead atoms. The van der Waals surface area contributed by atoms with Gasteiger partial charge in [0.25, 0.3) is 11.8 Å². The van der Waals surface area contributed by atoms with Crippen molar-refractivity contribution >= 4 is 101 Å². The van der Waals surface area contributed by atoms with Gasteiger partial charge in [0.15, 0.2) is 19.8 Å². The van der Waals surface area contributed by atoms with Gasteiger partial charge in [-0.1, -0.05) is 59.2 Å². The Balaban J connectivity index is 0.921. The molecule has 2 aromatic carbocycles. The van der Waals surface area contributed by atoms with Gasteiger partial charge in [-0.25, -0.2) is 9.36 Å². The summed E-state index contributed by atoms with van der Waals surface area (Å²) in [5.74, 6) is -0.488. The molecule has 0 spiro atoms. The van der Waals surface area contributed by atoms with Crippen LogP contribution >= 0.6 is 69.1 Å². The Kier molecular flexibility index (Phi) is 12.7. The highest BCUT2D eigenvalue weighted by atomic mass is 35.5. The van der Waals surface area contributed by atoms with Gasteiger partial charge in [0, 0.05) is 59.2 Å². The minimum Gasteiger partial charge on any atom is -0.492 e. The van der Waals surface area contributed by atoms with E-state index in [2.05, 4.69) is 20.8 Å². The van der Waals surface area contributed by atoms with E-state index in [1.54, 1.807) is 24.3 Å². The molecule has 0 atom stereocenters. The van der Waals surface area contributed by atoms with E-state index in [1.807, 2.05) is 0 Å². The maximum absolute atomic E-state index is 13.7. The number of carbonyl (C=O) groups is 2. The van der Waals surface area contributed by atoms with Crippen LogP contribution in [0, 0.1) is 0 Å². The van der Waals surface area contributed by atoms with Crippen molar-refractivity contribution < 1.29 is 45.0 Å². The molecule has 2 aliphatic rings. The number of nitrogens with one attached hydrogen (secondary N) is 2. The van der Waals surface area contributed by atoms with Crippen LogP contribution < -0.4 is 20.1 Å². The molecular formula is C38H32Cl4N6O10S4. The van der Waals surface area contributed by atoms with Crippen molar-refractivity contribution in [2.24, 2.45) is 0 Å². The summed E-state index contributed by atoms with van der Waals surface area (Å²) in [6.07, 6.45) is 3.18. The normalized spacial score (nSPS) is 13.5. The molecule has 16 nitrogen and oxygen atoms in total. The zero-order valence-corrected chi connectivity index (χ0v) is 38.1. The van der Waals surface area contributed by atoms with Crippen molar-refractivity contribution in [1.29, 1.82) is 0 Å². The molecule has 0 radical (unpaired) electrons. The second kappa shape index (κ2) is 17.7. The molecule has 0 saturated carbocycles. The van der Waals surface area contributed by atoms with E-state index in [9.17, 15) is 35.5 Å². The molecule has 8 rings (SSSR count). The number of aromatic nitrogens is 4. The maximum Gasteiger partial charge on any atom is 0.304 e. The summed E-state index contributed by atoms with van der Waals surface area (Å²) in [7, 11) is -9.10. The third kappa shape index (κ3) is 8.95. The summed E-state index contributed by atoms with van der Waals surface area (Å²) in [5, 5.41) is 16.4. The first-order valence-electron chi connectivity index (χ1n) is 18.7. The van der Waals surface area contributed by atoms with Crippen LogP contribution in [0.3, 0.4) is 0 Å². The summed E-state index contributed by atoms with van der Waals surface area (Å²) in [4.78, 5) is 28.0. The number of hydrogen-bond acceptors (Lipinski definition) is 12. The Hall–Kier alpha value is -4.22. The van der Waals surface area contributed by atoms with Crippen LogP contribution in [0.5, 0.6) is 11.5 Å². The average molecular weight is 1000 g/mol. The molecule has 326 valence electrons. The first-order chi connectivity index (χ1) is 29.5. The lowest BCUT2D eigenvalue weighted by atomic mass is 10.1. The SMILES string of the molecule is O=C(NCCCCCCNC(=O)c1nn(-c2ccc(Cl)cc2Cl)c2c1CCOc1cc(S(=O)(=O)O)sc1-2)c1nn(-c2ccc(Cl)cc2Cl)c2c1CCOc1cc(S(=O)(=O)O)sc1-2. The van der Waals surface area contributed by atoms with Crippen LogP contribution in [0.2, 0.25) is 20.1 Å². The smallest absolute Gasteiger partial charge is 0.304 e. The topological polar surface area (TPSA) is 221 Å². The van der Waals surface area contributed by atoms with Crippen LogP contribution in [0.1, 0.15) is 57.8 Å². The van der Waals surface area contributed by atoms with Gasteiger partial charge in [0.05, 0.1) is 55.8 Å². The number of halogens is 4. The lowest BCUT2D eigenvalue weighted by Gasteiger charge is -2.09. The van der Waals surface area contributed by atoms with Gasteiger partial charge in [-0.2, -0.15) is 27.0 Å². The number of amides is 2. The molecule has 2 amide bonds. The molecular weight excluding hydrogens is 971 g/mol. The van der Waals surface area contributed by atoms with Crippen LogP contribution in [-0.4, -0.2) is 83.6 Å². The van der Waals surface area contributed by atoms with E-state index in [1.165, 1.54) is 33.6 Å². The largest absolute Gasteiger partial charge is 0.492 e. The second-order valence-electron chi connectivity index (χ2n) is 14.0. The zero-order chi connectivity index (χ0) is 44.1. The Morgan fingerprint density at radius 2 is 1.05 bits per heavy atom. The van der Waals surface area contributed by atoms with Crippen LogP contribution in [0.25, 0.3) is 32.5 Å². The van der Waals surface area contributed by atoms with E-state index >= 15 is 0 Å². The van der Waals surface area contributed by atoms with E-state index in [0.29, 0.717) is 92.5 Å². The molecule has 6 heterocycles. The molecule has 6 aromatic rings. The Bertz CT molecular complexity index is 2800. The molecule has 0 fully saturated rings. The number of unbranched alkanes of at least 4 members (excludes halogenated alkanes) is 3. The summed E-state index contributed by atoms with van der Waals surface area (Å²) < 4.78 is 81.6. The molecule has 4 N–H and O–H groups in total. The molecule has 24 heteroatoms. The van der Waals surface area contributed by atoms with E-state index < -0.39 is 32.1 Å². The average Bonchev–Trinajstić information content (AvgIpc) is 3.95. The van der Waals surface area contributed by atoms with Gasteiger partial charge in [-0.3, -0.25) is 18.7 Å². The van der Waals surface area contributed by atoms with Crippen molar-refractivity contribution in [1.82, 2.24) is 30.2 Å². The fourth-order valence-electron chi connectivity index (χ4n) is 7.07. The van der Waals surface area contributed by atoms with Gasteiger partial charge in [-0.05, 0) is 49.2 Å². The van der Waals surface area contributed by atoms with Crippen molar-refractivity contribution in [2.75, 3.05) is 26.3 Å². The maximum atomic E-state index is 13.7. The Labute approximate surface area is 382 Å². The number of nitrogens with zero attached hydrogens (tertiary/aromatic N) is 4. The van der Waals surface area contributed by atoms with Gasteiger partial charge in [0.2, 0.25) is 0 Å². The summed E-state index contributed by atoms with van der Waals surface area (Å²) in [5.41, 5.74) is 2.82. The molecule has 0 aliphatic carbocycles. The molecule has 2 aliphatic heterocycles. The number of hydrogen-bond donors (Lipinski definition) is 4. The van der Waals surface area contributed by atoms with E-state index in [4.69, 9.17) is 55.9 Å². The predicted octanol–water partition coefficient (Wildman–Crippen LogP) is 8.21. The predicted molar refractivity (Wildman–Crippen MR) is 235 cm³/mol. The van der Waals surface area contributed by atoms with Crippen molar-refractivity contribution in [3.63, 3.8) is 0 Å². The summed E-state index contributed by atoms with van der Waals surface area (Å²) in [6, 6.07) is 12.0. The van der Waals surface area contributed by atoms with Crippen molar-refractivity contribution in [3.05, 3.63) is 91.1 Å². The van der Waals surface area contributed by atoms with Crippen LogP contribution in [-0.2, 0) is 33.1 Å². The highest BCUT2D eigenvalue weighted by Gasteiger charge is 2.34. The third-order valence-corrected chi connectivity index (χ3v) is 15.8. The molecule has 0 unspecified atom stereocenters. The highest BCUT2D eigenvalue weighted by Crippen LogP contribution is 2.47.